The van der Waals surface area contributed by atoms with Crippen LogP contribution >= 0.6 is 0 Å². The first kappa shape index (κ1) is 17.5. The fraction of sp³-hybridized carbons (Fsp3) is 0.381. The smallest absolute Gasteiger partial charge is 0.271 e. The van der Waals surface area contributed by atoms with E-state index < -0.39 is 0 Å². The Labute approximate surface area is 158 Å². The number of hydrogen-bond acceptors (Lipinski definition) is 4. The molecule has 0 bridgehead atoms. The average molecular weight is 364 g/mol. The van der Waals surface area contributed by atoms with Crippen molar-refractivity contribution in [2.24, 2.45) is 7.05 Å². The molecule has 2 aromatic heterocycles. The lowest BCUT2D eigenvalue weighted by Gasteiger charge is -2.21. The van der Waals surface area contributed by atoms with Crippen LogP contribution in [0.15, 0.2) is 47.1 Å². The van der Waals surface area contributed by atoms with Crippen molar-refractivity contribution < 1.29 is 9.21 Å². The number of amides is 1. The van der Waals surface area contributed by atoms with Gasteiger partial charge in [0.1, 0.15) is 12.0 Å². The number of rotatable bonds is 6. The zero-order chi connectivity index (χ0) is 19.0. The minimum Gasteiger partial charge on any atom is -0.444 e. The van der Waals surface area contributed by atoms with Gasteiger partial charge in [-0.15, -0.1) is 0 Å². The molecule has 0 saturated heterocycles. The highest BCUT2D eigenvalue weighted by molar-refractivity contribution is 5.92. The molecule has 2 heterocycles. The summed E-state index contributed by atoms with van der Waals surface area (Å²) in [5, 5.41) is 7.35. The molecule has 6 nitrogen and oxygen atoms in total. The van der Waals surface area contributed by atoms with Crippen LogP contribution in [-0.2, 0) is 12.5 Å². The van der Waals surface area contributed by atoms with Crippen molar-refractivity contribution >= 4 is 5.91 Å². The topological polar surface area (TPSA) is 73.0 Å². The third kappa shape index (κ3) is 3.65. The van der Waals surface area contributed by atoms with E-state index in [1.165, 1.54) is 12.8 Å². The number of carbonyl (C=O) groups excluding carboxylic acids is 1. The number of oxazole rings is 1. The van der Waals surface area contributed by atoms with Gasteiger partial charge in [0.2, 0.25) is 5.89 Å². The standard InChI is InChI=1S/C21H24N4O2/c1-21(2,18-12-27-20(23-18)15-7-5-4-6-8-15)13-22-19(26)16-11-17(14-9-10-14)25(3)24-16/h4-8,11-12,14H,9-10,13H2,1-3H3,(H,22,26). The number of nitrogens with one attached hydrogen (secondary N) is 1. The van der Waals surface area contributed by atoms with Crippen molar-refractivity contribution in [2.45, 2.75) is 38.0 Å². The van der Waals surface area contributed by atoms with Crippen molar-refractivity contribution in [3.8, 4) is 11.5 Å². The molecule has 1 fully saturated rings. The second-order valence-corrected chi connectivity index (χ2v) is 7.82. The number of nitrogens with zero attached hydrogens (tertiary/aromatic N) is 3. The highest BCUT2D eigenvalue weighted by Gasteiger charge is 2.29. The zero-order valence-corrected chi connectivity index (χ0v) is 15.9. The van der Waals surface area contributed by atoms with Crippen LogP contribution in [0.25, 0.3) is 11.5 Å². The molecule has 1 aromatic carbocycles. The lowest BCUT2D eigenvalue weighted by Crippen LogP contribution is -2.37. The quantitative estimate of drug-likeness (QED) is 0.724. The lowest BCUT2D eigenvalue weighted by atomic mass is 9.90. The van der Waals surface area contributed by atoms with Crippen LogP contribution in [0, 0.1) is 0 Å². The zero-order valence-electron chi connectivity index (χ0n) is 15.9. The Hall–Kier alpha value is -2.89. The SMILES string of the molecule is Cn1nc(C(=O)NCC(C)(C)c2coc(-c3ccccc3)n2)cc1C1CC1. The summed E-state index contributed by atoms with van der Waals surface area (Å²) in [4.78, 5) is 17.1. The van der Waals surface area contributed by atoms with Crippen LogP contribution in [0.5, 0.6) is 0 Å². The van der Waals surface area contributed by atoms with Crippen LogP contribution in [0.4, 0.5) is 0 Å². The molecule has 0 spiro atoms. The molecular weight excluding hydrogens is 340 g/mol. The minimum absolute atomic E-state index is 0.155. The molecule has 27 heavy (non-hydrogen) atoms. The van der Waals surface area contributed by atoms with Gasteiger partial charge in [-0.25, -0.2) is 4.98 Å². The molecule has 1 amide bonds. The van der Waals surface area contributed by atoms with Crippen molar-refractivity contribution in [1.82, 2.24) is 20.1 Å². The van der Waals surface area contributed by atoms with Gasteiger partial charge in [-0.3, -0.25) is 9.48 Å². The van der Waals surface area contributed by atoms with Crippen molar-refractivity contribution in [3.63, 3.8) is 0 Å². The Balaban J connectivity index is 1.43. The highest BCUT2D eigenvalue weighted by atomic mass is 16.3. The Morgan fingerprint density at radius 2 is 2.04 bits per heavy atom. The summed E-state index contributed by atoms with van der Waals surface area (Å²) in [7, 11) is 1.90. The van der Waals surface area contributed by atoms with Crippen molar-refractivity contribution in [3.05, 3.63) is 59.7 Å². The number of benzene rings is 1. The number of aryl methyl sites for hydroxylation is 1. The van der Waals surface area contributed by atoms with E-state index in [0.29, 0.717) is 24.0 Å². The van der Waals surface area contributed by atoms with Gasteiger partial charge in [-0.2, -0.15) is 5.10 Å². The Morgan fingerprint density at radius 1 is 1.30 bits per heavy atom. The Kier molecular flexibility index (Phi) is 4.34. The third-order valence-electron chi connectivity index (χ3n) is 5.05. The number of aromatic nitrogens is 3. The molecule has 0 unspecified atom stereocenters. The predicted molar refractivity (Wildman–Crippen MR) is 102 cm³/mol. The maximum absolute atomic E-state index is 12.5. The molecule has 6 heteroatoms. The first-order valence-electron chi connectivity index (χ1n) is 9.27. The first-order chi connectivity index (χ1) is 12.9. The Morgan fingerprint density at radius 3 is 2.74 bits per heavy atom. The van der Waals surface area contributed by atoms with Gasteiger partial charge < -0.3 is 9.73 Å². The molecule has 1 saturated carbocycles. The van der Waals surface area contributed by atoms with Gasteiger partial charge in [0.05, 0.1) is 5.69 Å². The van der Waals surface area contributed by atoms with Crippen molar-refractivity contribution in [2.75, 3.05) is 6.54 Å². The molecule has 140 valence electrons. The predicted octanol–water partition coefficient (Wildman–Crippen LogP) is 3.66. The average Bonchev–Trinajstić information content (AvgIpc) is 3.23. The van der Waals surface area contributed by atoms with Gasteiger partial charge in [0, 0.05) is 36.2 Å². The highest BCUT2D eigenvalue weighted by Crippen LogP contribution is 2.39. The number of hydrogen-bond donors (Lipinski definition) is 1. The second-order valence-electron chi connectivity index (χ2n) is 7.82. The summed E-state index contributed by atoms with van der Waals surface area (Å²) in [6, 6.07) is 11.7. The van der Waals surface area contributed by atoms with Crippen molar-refractivity contribution in [1.29, 1.82) is 0 Å². The molecule has 0 radical (unpaired) electrons. The van der Waals surface area contributed by atoms with Crippen LogP contribution in [0.3, 0.4) is 0 Å². The van der Waals surface area contributed by atoms with E-state index in [0.717, 1.165) is 17.0 Å². The fourth-order valence-corrected chi connectivity index (χ4v) is 3.13. The van der Waals surface area contributed by atoms with Crippen LogP contribution < -0.4 is 5.32 Å². The van der Waals surface area contributed by atoms with Gasteiger partial charge in [-0.1, -0.05) is 32.0 Å². The van der Waals surface area contributed by atoms with E-state index in [1.54, 1.807) is 6.26 Å². The molecule has 3 aromatic rings. The van der Waals surface area contributed by atoms with Gasteiger partial charge in [-0.05, 0) is 31.0 Å². The summed E-state index contributed by atoms with van der Waals surface area (Å²) in [6.45, 7) is 4.52. The molecular formula is C21H24N4O2. The summed E-state index contributed by atoms with van der Waals surface area (Å²) in [6.07, 6.45) is 4.04. The minimum atomic E-state index is -0.361. The van der Waals surface area contributed by atoms with E-state index in [2.05, 4.69) is 15.4 Å². The van der Waals surface area contributed by atoms with E-state index in [1.807, 2.05) is 62.0 Å². The first-order valence-corrected chi connectivity index (χ1v) is 9.27. The van der Waals surface area contributed by atoms with E-state index in [4.69, 9.17) is 4.42 Å². The molecule has 1 N–H and O–H groups in total. The monoisotopic (exact) mass is 364 g/mol. The van der Waals surface area contributed by atoms with E-state index in [-0.39, 0.29) is 11.3 Å². The van der Waals surface area contributed by atoms with Crippen LogP contribution in [0.1, 0.15) is 54.5 Å². The summed E-state index contributed by atoms with van der Waals surface area (Å²) < 4.78 is 7.46. The second kappa shape index (κ2) is 6.68. The van der Waals surface area contributed by atoms with E-state index >= 15 is 0 Å². The normalized spacial score (nSPS) is 14.3. The molecule has 1 aliphatic carbocycles. The maximum atomic E-state index is 12.5. The molecule has 0 aliphatic heterocycles. The summed E-state index contributed by atoms with van der Waals surface area (Å²) in [5.41, 5.74) is 3.00. The third-order valence-corrected chi connectivity index (χ3v) is 5.05. The van der Waals surface area contributed by atoms with Crippen LogP contribution in [-0.4, -0.2) is 27.2 Å². The van der Waals surface area contributed by atoms with Crippen LogP contribution in [0.2, 0.25) is 0 Å². The summed E-state index contributed by atoms with van der Waals surface area (Å²) in [5.74, 6) is 0.994. The van der Waals surface area contributed by atoms with Gasteiger partial charge in [0.25, 0.3) is 5.91 Å². The summed E-state index contributed by atoms with van der Waals surface area (Å²) >= 11 is 0. The van der Waals surface area contributed by atoms with Gasteiger partial charge >= 0.3 is 0 Å². The van der Waals surface area contributed by atoms with E-state index in [9.17, 15) is 4.79 Å². The number of carbonyl (C=O) groups is 1. The fourth-order valence-electron chi connectivity index (χ4n) is 3.13. The Bertz CT molecular complexity index is 952. The van der Waals surface area contributed by atoms with Gasteiger partial charge in [0.15, 0.2) is 0 Å². The maximum Gasteiger partial charge on any atom is 0.271 e. The largest absolute Gasteiger partial charge is 0.444 e. The molecule has 4 rings (SSSR count). The molecule has 1 aliphatic rings. The lowest BCUT2D eigenvalue weighted by molar-refractivity contribution is 0.0939. The molecule has 0 atom stereocenters.